The highest BCUT2D eigenvalue weighted by Crippen LogP contribution is 2.36. The molecule has 0 N–H and O–H groups in total. The van der Waals surface area contributed by atoms with Crippen LogP contribution in [0.1, 0.15) is 0 Å². The van der Waals surface area contributed by atoms with Gasteiger partial charge in [-0.25, -0.2) is 0 Å². The van der Waals surface area contributed by atoms with Gasteiger partial charge in [0.05, 0.1) is 16.6 Å². The zero-order chi connectivity index (χ0) is 26.2. The van der Waals surface area contributed by atoms with Crippen LogP contribution in [-0.2, 0) is 0 Å². The lowest BCUT2D eigenvalue weighted by Crippen LogP contribution is -2.27. The summed E-state index contributed by atoms with van der Waals surface area (Å²) in [6, 6.07) is 37.3. The van der Waals surface area contributed by atoms with Crippen LogP contribution in [0.4, 0.5) is 0 Å². The van der Waals surface area contributed by atoms with Gasteiger partial charge in [0, 0.05) is 10.4 Å². The predicted octanol–water partition coefficient (Wildman–Crippen LogP) is 7.87. The molecule has 0 unspecified atom stereocenters. The first-order valence-corrected chi connectivity index (χ1v) is 13.1. The van der Waals surface area contributed by atoms with E-state index in [9.17, 15) is 9.59 Å². The Labute approximate surface area is 226 Å². The monoisotopic (exact) mass is 522 g/mol. The summed E-state index contributed by atoms with van der Waals surface area (Å²) in [6.45, 7) is 0. The Morgan fingerprint density at radius 1 is 0.487 bits per heavy atom. The Bertz CT molecular complexity index is 2420. The van der Waals surface area contributed by atoms with Crippen LogP contribution in [0.3, 0.4) is 0 Å². The minimum Gasteiger partial charge on any atom is -0.268 e. The smallest absolute Gasteiger partial charge is 0.266 e. The van der Waals surface area contributed by atoms with Gasteiger partial charge in [-0.2, -0.15) is 0 Å². The summed E-state index contributed by atoms with van der Waals surface area (Å²) in [4.78, 5) is 28.0. The van der Waals surface area contributed by atoms with Gasteiger partial charge in [0.2, 0.25) is 0 Å². The molecule has 5 heteroatoms. The first-order valence-electron chi connectivity index (χ1n) is 12.7. The molecule has 0 aliphatic heterocycles. The second-order valence-corrected chi connectivity index (χ2v) is 10.3. The SMILES string of the molecule is O=c1c2ccc(Cl)cc2n2c(=O)c3ccccc3cc2n1-c1ccc2c3ccccc3c3ccccc3c2c1. The highest BCUT2D eigenvalue weighted by molar-refractivity contribution is 6.31. The lowest BCUT2D eigenvalue weighted by Gasteiger charge is -2.17. The fourth-order valence-electron chi connectivity index (χ4n) is 6.02. The van der Waals surface area contributed by atoms with Crippen LogP contribution in [-0.4, -0.2) is 8.97 Å². The quantitative estimate of drug-likeness (QED) is 0.163. The molecule has 0 amide bonds. The van der Waals surface area contributed by atoms with Crippen molar-refractivity contribution in [3.63, 3.8) is 0 Å². The molecule has 8 rings (SSSR count). The van der Waals surface area contributed by atoms with E-state index in [4.69, 9.17) is 11.6 Å². The van der Waals surface area contributed by atoms with Crippen molar-refractivity contribution >= 4 is 71.2 Å². The maximum absolute atomic E-state index is 14.1. The lowest BCUT2D eigenvalue weighted by molar-refractivity contribution is 0.979. The standard InChI is InChI=1S/C34H19ClN2O2/c35-21-13-15-29-31(18-21)37-32(17-20-7-1-2-8-23(20)33(37)38)36(34(29)39)22-14-16-28-26-11-4-3-9-24(26)25-10-5-6-12-27(25)30(28)19-22/h1-19H. The zero-order valence-electron chi connectivity index (χ0n) is 20.6. The topological polar surface area (TPSA) is 43.5 Å². The van der Waals surface area contributed by atoms with Crippen LogP contribution in [0.5, 0.6) is 0 Å². The van der Waals surface area contributed by atoms with Crippen LogP contribution < -0.4 is 11.1 Å². The van der Waals surface area contributed by atoms with Gasteiger partial charge in [0.25, 0.3) is 11.1 Å². The van der Waals surface area contributed by atoms with Crippen LogP contribution in [0.15, 0.2) is 125 Å². The van der Waals surface area contributed by atoms with Gasteiger partial charge >= 0.3 is 0 Å². The van der Waals surface area contributed by atoms with Gasteiger partial charge in [0.15, 0.2) is 0 Å². The van der Waals surface area contributed by atoms with Crippen molar-refractivity contribution < 1.29 is 0 Å². The molecule has 0 saturated carbocycles. The number of halogens is 1. The van der Waals surface area contributed by atoms with Crippen molar-refractivity contribution in [2.45, 2.75) is 0 Å². The van der Waals surface area contributed by atoms with E-state index in [0.29, 0.717) is 32.6 Å². The summed E-state index contributed by atoms with van der Waals surface area (Å²) in [5.41, 5.74) is 1.27. The Morgan fingerprint density at radius 2 is 1.05 bits per heavy atom. The molecular formula is C34H19ClN2O2. The lowest BCUT2D eigenvalue weighted by atomic mass is 9.94. The normalized spacial score (nSPS) is 11.9. The Kier molecular flexibility index (Phi) is 4.55. The van der Waals surface area contributed by atoms with E-state index < -0.39 is 0 Å². The van der Waals surface area contributed by atoms with Crippen molar-refractivity contribution in [1.82, 2.24) is 8.97 Å². The van der Waals surface area contributed by atoms with Gasteiger partial charge in [-0.1, -0.05) is 84.4 Å². The van der Waals surface area contributed by atoms with Crippen LogP contribution in [0.25, 0.3) is 65.3 Å². The van der Waals surface area contributed by atoms with Crippen molar-refractivity contribution in [1.29, 1.82) is 0 Å². The van der Waals surface area contributed by atoms with Gasteiger partial charge in [-0.15, -0.1) is 0 Å². The summed E-state index contributed by atoms with van der Waals surface area (Å²) in [6.07, 6.45) is 0. The Morgan fingerprint density at radius 3 is 1.74 bits per heavy atom. The highest BCUT2D eigenvalue weighted by Gasteiger charge is 2.17. The van der Waals surface area contributed by atoms with Crippen molar-refractivity contribution in [3.05, 3.63) is 141 Å². The van der Waals surface area contributed by atoms with E-state index in [1.165, 1.54) is 5.39 Å². The molecule has 0 fully saturated rings. The second kappa shape index (κ2) is 8.03. The number of hydrogen-bond acceptors (Lipinski definition) is 2. The average Bonchev–Trinajstić information content (AvgIpc) is 2.97. The van der Waals surface area contributed by atoms with Gasteiger partial charge in [-0.05, 0) is 80.2 Å². The third-order valence-electron chi connectivity index (χ3n) is 7.76. The van der Waals surface area contributed by atoms with Crippen molar-refractivity contribution in [2.75, 3.05) is 0 Å². The summed E-state index contributed by atoms with van der Waals surface area (Å²) in [5, 5.41) is 9.02. The second-order valence-electron chi connectivity index (χ2n) is 9.85. The van der Waals surface area contributed by atoms with E-state index in [2.05, 4.69) is 54.6 Å². The first kappa shape index (κ1) is 22.1. The van der Waals surface area contributed by atoms with Gasteiger partial charge < -0.3 is 0 Å². The van der Waals surface area contributed by atoms with Crippen molar-refractivity contribution in [2.24, 2.45) is 0 Å². The minimum absolute atomic E-state index is 0.193. The number of nitrogens with zero attached hydrogens (tertiary/aromatic N) is 2. The fourth-order valence-corrected chi connectivity index (χ4v) is 6.19. The molecule has 0 bridgehead atoms. The number of pyridine rings is 1. The van der Waals surface area contributed by atoms with Gasteiger partial charge in [-0.3, -0.25) is 18.6 Å². The average molecular weight is 523 g/mol. The fraction of sp³-hybridized carbons (Fsp3) is 0. The maximum atomic E-state index is 14.1. The molecular weight excluding hydrogens is 504 g/mol. The molecule has 2 heterocycles. The molecule has 2 aromatic heterocycles. The van der Waals surface area contributed by atoms with Crippen LogP contribution >= 0.6 is 11.6 Å². The molecule has 0 saturated heterocycles. The largest absolute Gasteiger partial charge is 0.268 e. The number of fused-ring (bicyclic) bond motifs is 10. The molecule has 0 spiro atoms. The van der Waals surface area contributed by atoms with Crippen molar-refractivity contribution in [3.8, 4) is 5.69 Å². The minimum atomic E-state index is -0.208. The zero-order valence-corrected chi connectivity index (χ0v) is 21.3. The van der Waals surface area contributed by atoms with E-state index >= 15 is 0 Å². The third-order valence-corrected chi connectivity index (χ3v) is 7.99. The molecule has 0 aliphatic carbocycles. The predicted molar refractivity (Wildman–Crippen MR) is 162 cm³/mol. The third kappa shape index (κ3) is 3.06. The summed E-state index contributed by atoms with van der Waals surface area (Å²) < 4.78 is 3.25. The number of rotatable bonds is 1. The summed E-state index contributed by atoms with van der Waals surface area (Å²) in [5.74, 6) is 0. The molecule has 6 aromatic carbocycles. The van der Waals surface area contributed by atoms with E-state index in [1.807, 2.05) is 42.5 Å². The Hall–Kier alpha value is -4.93. The first-order chi connectivity index (χ1) is 19.1. The summed E-state index contributed by atoms with van der Waals surface area (Å²) >= 11 is 6.34. The molecule has 8 aromatic rings. The number of hydrogen-bond donors (Lipinski definition) is 0. The maximum Gasteiger partial charge on any atom is 0.266 e. The number of aromatic nitrogens is 2. The van der Waals surface area contributed by atoms with Crippen LogP contribution in [0.2, 0.25) is 5.02 Å². The van der Waals surface area contributed by atoms with Crippen LogP contribution in [0, 0.1) is 0 Å². The van der Waals surface area contributed by atoms with E-state index in [0.717, 1.165) is 32.3 Å². The molecule has 39 heavy (non-hydrogen) atoms. The van der Waals surface area contributed by atoms with E-state index in [-0.39, 0.29) is 11.1 Å². The highest BCUT2D eigenvalue weighted by atomic mass is 35.5. The van der Waals surface area contributed by atoms with E-state index in [1.54, 1.807) is 27.2 Å². The molecule has 0 aliphatic rings. The molecule has 184 valence electrons. The molecule has 0 radical (unpaired) electrons. The molecule has 4 nitrogen and oxygen atoms in total. The Balaban J connectivity index is 1.59. The molecule has 0 atom stereocenters. The number of benzene rings is 6. The summed E-state index contributed by atoms with van der Waals surface area (Å²) in [7, 11) is 0. The van der Waals surface area contributed by atoms with Gasteiger partial charge in [0.1, 0.15) is 5.65 Å².